The van der Waals surface area contributed by atoms with Gasteiger partial charge in [0.05, 0.1) is 29.3 Å². The molecule has 6 heteroatoms. The van der Waals surface area contributed by atoms with Crippen molar-refractivity contribution in [3.05, 3.63) is 70.2 Å². The first kappa shape index (κ1) is 17.5. The van der Waals surface area contributed by atoms with Crippen LogP contribution in [0.1, 0.15) is 21.5 Å². The molecule has 122 valence electrons. The third-order valence-corrected chi connectivity index (χ3v) is 3.74. The third kappa shape index (κ3) is 4.34. The van der Waals surface area contributed by atoms with E-state index in [0.29, 0.717) is 10.6 Å². The summed E-state index contributed by atoms with van der Waals surface area (Å²) in [4.78, 5) is 24.3. The molecule has 0 aliphatic rings. The SMILES string of the molecule is COC(=O)[C@H](Cc1cccc(C#N)c1)NC(=O)c1ccccc1Cl. The average molecular weight is 343 g/mol. The van der Waals surface area contributed by atoms with Crippen LogP contribution in [-0.2, 0) is 16.0 Å². The molecule has 5 nitrogen and oxygen atoms in total. The van der Waals surface area contributed by atoms with Gasteiger partial charge in [-0.2, -0.15) is 5.26 Å². The molecule has 0 saturated carbocycles. The van der Waals surface area contributed by atoms with Crippen molar-refractivity contribution >= 4 is 23.5 Å². The number of amides is 1. The Bertz CT molecular complexity index is 799. The van der Waals surface area contributed by atoms with E-state index in [0.717, 1.165) is 5.56 Å². The maximum atomic E-state index is 12.4. The van der Waals surface area contributed by atoms with E-state index >= 15 is 0 Å². The van der Waals surface area contributed by atoms with Crippen LogP contribution in [0.15, 0.2) is 48.5 Å². The minimum atomic E-state index is -0.882. The zero-order chi connectivity index (χ0) is 17.5. The fraction of sp³-hybridized carbons (Fsp3) is 0.167. The molecular weight excluding hydrogens is 328 g/mol. The van der Waals surface area contributed by atoms with Crippen molar-refractivity contribution in [2.45, 2.75) is 12.5 Å². The van der Waals surface area contributed by atoms with Gasteiger partial charge in [0.2, 0.25) is 0 Å². The second-order valence-corrected chi connectivity index (χ2v) is 5.45. The summed E-state index contributed by atoms with van der Waals surface area (Å²) in [6, 6.07) is 14.5. The first-order valence-corrected chi connectivity index (χ1v) is 7.55. The Morgan fingerprint density at radius 2 is 2.00 bits per heavy atom. The van der Waals surface area contributed by atoms with Crippen molar-refractivity contribution in [2.24, 2.45) is 0 Å². The van der Waals surface area contributed by atoms with Gasteiger partial charge in [-0.1, -0.05) is 35.9 Å². The van der Waals surface area contributed by atoms with Gasteiger partial charge in [0, 0.05) is 6.42 Å². The summed E-state index contributed by atoms with van der Waals surface area (Å²) in [6.45, 7) is 0. The van der Waals surface area contributed by atoms with Gasteiger partial charge in [-0.05, 0) is 29.8 Å². The van der Waals surface area contributed by atoms with Crippen molar-refractivity contribution < 1.29 is 14.3 Å². The number of ether oxygens (including phenoxy) is 1. The maximum Gasteiger partial charge on any atom is 0.328 e. The lowest BCUT2D eigenvalue weighted by molar-refractivity contribution is -0.142. The predicted octanol–water partition coefficient (Wildman–Crippen LogP) is 2.73. The number of carbonyl (C=O) groups excluding carboxylic acids is 2. The zero-order valence-electron chi connectivity index (χ0n) is 13.0. The van der Waals surface area contributed by atoms with Crippen LogP contribution < -0.4 is 5.32 Å². The second-order valence-electron chi connectivity index (χ2n) is 5.05. The number of benzene rings is 2. The molecule has 0 aliphatic carbocycles. The lowest BCUT2D eigenvalue weighted by Crippen LogP contribution is -2.43. The molecule has 2 rings (SSSR count). The first-order valence-electron chi connectivity index (χ1n) is 7.17. The average Bonchev–Trinajstić information content (AvgIpc) is 2.60. The highest BCUT2D eigenvalue weighted by Gasteiger charge is 2.23. The monoisotopic (exact) mass is 342 g/mol. The van der Waals surface area contributed by atoms with Crippen LogP contribution >= 0.6 is 11.6 Å². The Morgan fingerprint density at radius 3 is 2.67 bits per heavy atom. The predicted molar refractivity (Wildman–Crippen MR) is 89.6 cm³/mol. The molecular formula is C18H15ClN2O3. The summed E-state index contributed by atoms with van der Waals surface area (Å²) < 4.78 is 4.76. The van der Waals surface area contributed by atoms with E-state index in [1.165, 1.54) is 7.11 Å². The van der Waals surface area contributed by atoms with Crippen molar-refractivity contribution in [3.63, 3.8) is 0 Å². The van der Waals surface area contributed by atoms with Gasteiger partial charge < -0.3 is 10.1 Å². The van der Waals surface area contributed by atoms with Gasteiger partial charge in [0.15, 0.2) is 0 Å². The highest BCUT2D eigenvalue weighted by atomic mass is 35.5. The minimum absolute atomic E-state index is 0.207. The molecule has 0 aromatic heterocycles. The number of hydrogen-bond donors (Lipinski definition) is 1. The summed E-state index contributed by atoms with van der Waals surface area (Å²) in [6.07, 6.45) is 0.207. The largest absolute Gasteiger partial charge is 0.467 e. The van der Waals surface area contributed by atoms with Crippen LogP contribution in [-0.4, -0.2) is 25.0 Å². The summed E-state index contributed by atoms with van der Waals surface area (Å²) >= 11 is 6.00. The van der Waals surface area contributed by atoms with Crippen molar-refractivity contribution in [1.82, 2.24) is 5.32 Å². The molecule has 0 radical (unpaired) electrons. The second kappa shape index (κ2) is 8.14. The molecule has 2 aromatic rings. The van der Waals surface area contributed by atoms with E-state index in [1.54, 1.807) is 48.5 Å². The lowest BCUT2D eigenvalue weighted by Gasteiger charge is -2.17. The van der Waals surface area contributed by atoms with Crippen molar-refractivity contribution in [3.8, 4) is 6.07 Å². The number of nitriles is 1. The van der Waals surface area contributed by atoms with E-state index in [4.69, 9.17) is 21.6 Å². The molecule has 1 N–H and O–H groups in total. The minimum Gasteiger partial charge on any atom is -0.467 e. The number of nitrogens with zero attached hydrogens (tertiary/aromatic N) is 1. The number of rotatable bonds is 5. The maximum absolute atomic E-state index is 12.4. The normalized spacial score (nSPS) is 11.2. The number of carbonyl (C=O) groups is 2. The van der Waals surface area contributed by atoms with Gasteiger partial charge >= 0.3 is 5.97 Å². The standard InChI is InChI=1S/C18H15ClN2O3/c1-24-18(23)16(10-12-5-4-6-13(9-12)11-20)21-17(22)14-7-2-3-8-15(14)19/h2-9,16H,10H2,1H3,(H,21,22)/t16-/m0/s1. The molecule has 0 fully saturated rings. The molecule has 1 amide bonds. The molecule has 2 aromatic carbocycles. The molecule has 0 unspecified atom stereocenters. The van der Waals surface area contributed by atoms with Crippen molar-refractivity contribution in [1.29, 1.82) is 5.26 Å². The van der Waals surface area contributed by atoms with Crippen LogP contribution in [0.3, 0.4) is 0 Å². The molecule has 0 aliphatic heterocycles. The van der Waals surface area contributed by atoms with Gasteiger partial charge in [0.1, 0.15) is 6.04 Å². The molecule has 0 heterocycles. The summed E-state index contributed by atoms with van der Waals surface area (Å²) in [5.74, 6) is -1.04. The number of methoxy groups -OCH3 is 1. The van der Waals surface area contributed by atoms with Gasteiger partial charge in [-0.3, -0.25) is 4.79 Å². The smallest absolute Gasteiger partial charge is 0.328 e. The first-order chi connectivity index (χ1) is 11.5. The Labute approximate surface area is 144 Å². The highest BCUT2D eigenvalue weighted by Crippen LogP contribution is 2.15. The summed E-state index contributed by atoms with van der Waals surface area (Å²) in [5, 5.41) is 11.9. The van der Waals surface area contributed by atoms with Gasteiger partial charge in [-0.15, -0.1) is 0 Å². The molecule has 1 atom stereocenters. The van der Waals surface area contributed by atoms with E-state index in [1.807, 2.05) is 6.07 Å². The lowest BCUT2D eigenvalue weighted by atomic mass is 10.0. The summed E-state index contributed by atoms with van der Waals surface area (Å²) in [5.41, 5.74) is 1.50. The van der Waals surface area contributed by atoms with E-state index < -0.39 is 17.9 Å². The van der Waals surface area contributed by atoms with Crippen molar-refractivity contribution in [2.75, 3.05) is 7.11 Å². The van der Waals surface area contributed by atoms with Crippen LogP contribution in [0, 0.1) is 11.3 Å². The van der Waals surface area contributed by atoms with Gasteiger partial charge in [-0.25, -0.2) is 4.79 Å². The summed E-state index contributed by atoms with van der Waals surface area (Å²) in [7, 11) is 1.25. The Morgan fingerprint density at radius 1 is 1.25 bits per heavy atom. The fourth-order valence-electron chi connectivity index (χ4n) is 2.22. The number of nitrogens with one attached hydrogen (secondary N) is 1. The van der Waals surface area contributed by atoms with E-state index in [-0.39, 0.29) is 12.0 Å². The van der Waals surface area contributed by atoms with E-state index in [9.17, 15) is 9.59 Å². The number of hydrogen-bond acceptors (Lipinski definition) is 4. The molecule has 0 saturated heterocycles. The third-order valence-electron chi connectivity index (χ3n) is 3.41. The molecule has 0 bridgehead atoms. The molecule has 24 heavy (non-hydrogen) atoms. The number of esters is 1. The fourth-order valence-corrected chi connectivity index (χ4v) is 2.44. The van der Waals surface area contributed by atoms with Crippen LogP contribution in [0.25, 0.3) is 0 Å². The zero-order valence-corrected chi connectivity index (χ0v) is 13.7. The molecule has 0 spiro atoms. The quantitative estimate of drug-likeness (QED) is 0.847. The number of halogens is 1. The Hall–Kier alpha value is -2.84. The van der Waals surface area contributed by atoms with Gasteiger partial charge in [0.25, 0.3) is 5.91 Å². The highest BCUT2D eigenvalue weighted by molar-refractivity contribution is 6.33. The Balaban J connectivity index is 2.20. The van der Waals surface area contributed by atoms with E-state index in [2.05, 4.69) is 5.32 Å². The topological polar surface area (TPSA) is 79.2 Å². The van der Waals surface area contributed by atoms with Crippen LogP contribution in [0.5, 0.6) is 0 Å². The van der Waals surface area contributed by atoms with Crippen LogP contribution in [0.4, 0.5) is 0 Å². The van der Waals surface area contributed by atoms with Crippen LogP contribution in [0.2, 0.25) is 5.02 Å². The Kier molecular flexibility index (Phi) is 5.94.